The molecule has 0 amide bonds. The topological polar surface area (TPSA) is 71.8 Å². The summed E-state index contributed by atoms with van der Waals surface area (Å²) in [5.41, 5.74) is 4.86. The summed E-state index contributed by atoms with van der Waals surface area (Å²) >= 11 is 0. The first kappa shape index (κ1) is 16.8. The van der Waals surface area contributed by atoms with E-state index in [1.165, 1.54) is 0 Å². The van der Waals surface area contributed by atoms with Crippen LogP contribution >= 0.6 is 0 Å². The molecule has 2 heterocycles. The third-order valence-corrected chi connectivity index (χ3v) is 4.63. The number of fused-ring (bicyclic) bond motifs is 1. The van der Waals surface area contributed by atoms with Crippen LogP contribution in [0.5, 0.6) is 0 Å². The molecule has 1 atom stereocenters. The first-order valence-electron chi connectivity index (χ1n) is 8.63. The van der Waals surface area contributed by atoms with E-state index in [0.29, 0.717) is 16.7 Å². The number of aromatic nitrogens is 2. The highest BCUT2D eigenvalue weighted by molar-refractivity contribution is 6.02. The smallest absolute Gasteiger partial charge is 0.220 e. The molecule has 5 nitrogen and oxygen atoms in total. The van der Waals surface area contributed by atoms with E-state index in [2.05, 4.69) is 9.55 Å². The largest absolute Gasteiger partial charge is 0.439 e. The maximum atomic E-state index is 12.9. The summed E-state index contributed by atoms with van der Waals surface area (Å²) in [5, 5.41) is 9.54. The van der Waals surface area contributed by atoms with Gasteiger partial charge in [-0.15, -0.1) is 0 Å². The molecule has 0 saturated carbocycles. The van der Waals surface area contributed by atoms with Crippen LogP contribution in [0.1, 0.15) is 33.6 Å². The predicted molar refractivity (Wildman–Crippen MR) is 102 cm³/mol. The number of oxazole rings is 1. The van der Waals surface area contributed by atoms with E-state index in [1.54, 1.807) is 24.3 Å². The zero-order valence-electron chi connectivity index (χ0n) is 15.0. The van der Waals surface area contributed by atoms with Gasteiger partial charge in [0.15, 0.2) is 17.3 Å². The van der Waals surface area contributed by atoms with Crippen LogP contribution in [0.25, 0.3) is 16.8 Å². The van der Waals surface area contributed by atoms with Gasteiger partial charge in [-0.2, -0.15) is 5.26 Å². The molecular formula is C22H17N3O2. The number of Topliss-reactive ketones (excluding diaryl/α,β-unsaturated/α-hetero) is 1. The number of nitriles is 1. The standard InChI is InChI=1S/C22H17N3O2/c1-14-7-8-15(2)25(14)17-11-9-16(10-12-17)21(26)18(13-23)22-24-19-5-3-4-6-20(19)27-22/h3-12,18H,1-2H3. The van der Waals surface area contributed by atoms with Gasteiger partial charge in [0.1, 0.15) is 5.52 Å². The molecular weight excluding hydrogens is 338 g/mol. The Labute approximate surface area is 156 Å². The highest BCUT2D eigenvalue weighted by atomic mass is 16.3. The molecule has 5 heteroatoms. The van der Waals surface area contributed by atoms with Crippen molar-refractivity contribution in [1.29, 1.82) is 5.26 Å². The van der Waals surface area contributed by atoms with E-state index in [4.69, 9.17) is 4.42 Å². The Hall–Kier alpha value is -3.65. The Balaban J connectivity index is 1.66. The SMILES string of the molecule is Cc1ccc(C)n1-c1ccc(C(=O)C(C#N)c2nc3ccccc3o2)cc1. The van der Waals surface area contributed by atoms with Crippen molar-refractivity contribution >= 4 is 16.9 Å². The summed E-state index contributed by atoms with van der Waals surface area (Å²) in [5.74, 6) is -1.26. The third kappa shape index (κ3) is 2.91. The number of benzene rings is 2. The zero-order valence-corrected chi connectivity index (χ0v) is 15.0. The zero-order chi connectivity index (χ0) is 19.0. The number of carbonyl (C=O) groups excluding carboxylic acids is 1. The minimum Gasteiger partial charge on any atom is -0.439 e. The van der Waals surface area contributed by atoms with Crippen molar-refractivity contribution in [2.75, 3.05) is 0 Å². The summed E-state index contributed by atoms with van der Waals surface area (Å²) in [4.78, 5) is 17.2. The average Bonchev–Trinajstić information content (AvgIpc) is 3.25. The lowest BCUT2D eigenvalue weighted by Crippen LogP contribution is -2.12. The van der Waals surface area contributed by atoms with E-state index in [1.807, 2.05) is 56.3 Å². The van der Waals surface area contributed by atoms with Crippen LogP contribution < -0.4 is 0 Å². The van der Waals surface area contributed by atoms with Gasteiger partial charge in [-0.25, -0.2) is 4.98 Å². The Morgan fingerprint density at radius 2 is 1.70 bits per heavy atom. The average molecular weight is 355 g/mol. The molecule has 132 valence electrons. The lowest BCUT2D eigenvalue weighted by molar-refractivity contribution is 0.0970. The molecule has 0 radical (unpaired) electrons. The Kier molecular flexibility index (Phi) is 4.09. The van der Waals surface area contributed by atoms with Crippen molar-refractivity contribution in [3.8, 4) is 11.8 Å². The summed E-state index contributed by atoms with van der Waals surface area (Å²) in [7, 11) is 0. The molecule has 27 heavy (non-hydrogen) atoms. The van der Waals surface area contributed by atoms with E-state index < -0.39 is 5.92 Å². The van der Waals surface area contributed by atoms with E-state index in [9.17, 15) is 10.1 Å². The second-order valence-electron chi connectivity index (χ2n) is 6.44. The van der Waals surface area contributed by atoms with E-state index in [-0.39, 0.29) is 11.7 Å². The Bertz CT molecular complexity index is 1120. The maximum absolute atomic E-state index is 12.9. The number of ketones is 1. The number of hydrogen-bond donors (Lipinski definition) is 0. The lowest BCUT2D eigenvalue weighted by Gasteiger charge is -2.10. The minimum absolute atomic E-state index is 0.130. The van der Waals surface area contributed by atoms with Crippen LogP contribution in [0.2, 0.25) is 0 Å². The molecule has 1 unspecified atom stereocenters. The molecule has 0 spiro atoms. The van der Waals surface area contributed by atoms with Crippen molar-refractivity contribution in [3.63, 3.8) is 0 Å². The van der Waals surface area contributed by atoms with E-state index >= 15 is 0 Å². The monoisotopic (exact) mass is 355 g/mol. The number of nitrogens with zero attached hydrogens (tertiary/aromatic N) is 3. The summed E-state index contributed by atoms with van der Waals surface area (Å²) in [6, 6.07) is 20.6. The quantitative estimate of drug-likeness (QED) is 0.496. The molecule has 0 N–H and O–H groups in total. The van der Waals surface area contributed by atoms with Gasteiger partial charge in [0.05, 0.1) is 6.07 Å². The van der Waals surface area contributed by atoms with Gasteiger partial charge >= 0.3 is 0 Å². The highest BCUT2D eigenvalue weighted by Gasteiger charge is 2.27. The molecule has 0 bridgehead atoms. The van der Waals surface area contributed by atoms with Gasteiger partial charge in [0.25, 0.3) is 0 Å². The van der Waals surface area contributed by atoms with Crippen molar-refractivity contribution < 1.29 is 9.21 Å². The highest BCUT2D eigenvalue weighted by Crippen LogP contribution is 2.25. The van der Waals surface area contributed by atoms with Crippen LogP contribution in [-0.4, -0.2) is 15.3 Å². The van der Waals surface area contributed by atoms with Crippen molar-refractivity contribution in [2.24, 2.45) is 0 Å². The molecule has 4 aromatic rings. The van der Waals surface area contributed by atoms with Gasteiger partial charge in [-0.3, -0.25) is 4.79 Å². The van der Waals surface area contributed by atoms with Crippen LogP contribution in [0.4, 0.5) is 0 Å². The molecule has 2 aromatic carbocycles. The summed E-state index contributed by atoms with van der Waals surface area (Å²) in [6.07, 6.45) is 0. The number of hydrogen-bond acceptors (Lipinski definition) is 4. The number of rotatable bonds is 4. The van der Waals surface area contributed by atoms with Gasteiger partial charge in [0.2, 0.25) is 5.89 Å². The van der Waals surface area contributed by atoms with Gasteiger partial charge in [-0.1, -0.05) is 12.1 Å². The van der Waals surface area contributed by atoms with Crippen LogP contribution in [0.15, 0.2) is 65.1 Å². The molecule has 0 aliphatic rings. The van der Waals surface area contributed by atoms with Crippen molar-refractivity contribution in [1.82, 2.24) is 9.55 Å². The molecule has 0 fully saturated rings. The maximum Gasteiger partial charge on any atom is 0.220 e. The summed E-state index contributed by atoms with van der Waals surface area (Å²) in [6.45, 7) is 4.07. The lowest BCUT2D eigenvalue weighted by atomic mass is 9.98. The molecule has 2 aromatic heterocycles. The molecule has 0 saturated heterocycles. The van der Waals surface area contributed by atoms with E-state index in [0.717, 1.165) is 17.1 Å². The fraction of sp³-hybridized carbons (Fsp3) is 0.136. The van der Waals surface area contributed by atoms with Crippen LogP contribution in [-0.2, 0) is 0 Å². The summed E-state index contributed by atoms with van der Waals surface area (Å²) < 4.78 is 7.73. The first-order chi connectivity index (χ1) is 13.1. The van der Waals surface area contributed by atoms with Gasteiger partial charge in [0, 0.05) is 22.6 Å². The minimum atomic E-state index is -1.07. The molecule has 0 aliphatic heterocycles. The first-order valence-corrected chi connectivity index (χ1v) is 8.63. The normalized spacial score (nSPS) is 12.0. The van der Waals surface area contributed by atoms with Gasteiger partial charge < -0.3 is 8.98 Å². The number of aryl methyl sites for hydroxylation is 2. The fourth-order valence-corrected chi connectivity index (χ4v) is 3.26. The Morgan fingerprint density at radius 1 is 1.04 bits per heavy atom. The molecule has 0 aliphatic carbocycles. The fourth-order valence-electron chi connectivity index (χ4n) is 3.26. The number of para-hydroxylation sites is 2. The van der Waals surface area contributed by atoms with Crippen LogP contribution in [0.3, 0.4) is 0 Å². The van der Waals surface area contributed by atoms with Crippen molar-refractivity contribution in [2.45, 2.75) is 19.8 Å². The third-order valence-electron chi connectivity index (χ3n) is 4.63. The van der Waals surface area contributed by atoms with Gasteiger partial charge in [-0.05, 0) is 62.4 Å². The van der Waals surface area contributed by atoms with Crippen LogP contribution in [0, 0.1) is 25.2 Å². The second kappa shape index (κ2) is 6.58. The number of carbonyl (C=O) groups is 1. The molecule has 4 rings (SSSR count). The van der Waals surface area contributed by atoms with Crippen molar-refractivity contribution in [3.05, 3.63) is 83.5 Å². The predicted octanol–water partition coefficient (Wildman–Crippen LogP) is 4.73. The second-order valence-corrected chi connectivity index (χ2v) is 6.44. The Morgan fingerprint density at radius 3 is 2.33 bits per heavy atom.